The van der Waals surface area contributed by atoms with Crippen molar-refractivity contribution in [1.29, 1.82) is 0 Å². The Hall–Kier alpha value is -3.15. The zero-order valence-electron chi connectivity index (χ0n) is 12.9. The molecule has 1 heterocycles. The van der Waals surface area contributed by atoms with E-state index >= 15 is 0 Å². The summed E-state index contributed by atoms with van der Waals surface area (Å²) >= 11 is 0. The molecule has 0 saturated heterocycles. The molecule has 1 N–H and O–H groups in total. The van der Waals surface area contributed by atoms with Crippen LogP contribution in [0, 0.1) is 6.92 Å². The number of para-hydroxylation sites is 3. The second-order valence-corrected chi connectivity index (χ2v) is 4.93. The van der Waals surface area contributed by atoms with E-state index in [4.69, 9.17) is 4.74 Å². The predicted octanol–water partition coefficient (Wildman–Crippen LogP) is 2.84. The molecule has 0 atom stereocenters. The summed E-state index contributed by atoms with van der Waals surface area (Å²) in [6.45, 7) is 1.81. The van der Waals surface area contributed by atoms with E-state index in [1.54, 1.807) is 23.9 Å². The molecule has 0 bridgehead atoms. The lowest BCUT2D eigenvalue weighted by atomic mass is 10.2. The van der Waals surface area contributed by atoms with E-state index in [-0.39, 0.29) is 11.6 Å². The molecule has 2 aromatic carbocycles. The molecule has 3 aromatic rings. The molecule has 0 radical (unpaired) electrons. The van der Waals surface area contributed by atoms with Crippen LogP contribution < -0.4 is 10.1 Å². The minimum Gasteiger partial charge on any atom is -0.495 e. The van der Waals surface area contributed by atoms with E-state index in [1.807, 2.05) is 49.4 Å². The highest BCUT2D eigenvalue weighted by Gasteiger charge is 2.18. The van der Waals surface area contributed by atoms with Gasteiger partial charge in [-0.05, 0) is 31.2 Å². The third kappa shape index (κ3) is 2.91. The Labute approximate surface area is 133 Å². The van der Waals surface area contributed by atoms with E-state index in [2.05, 4.69) is 15.6 Å². The van der Waals surface area contributed by atoms with Gasteiger partial charge in [0.1, 0.15) is 5.75 Å². The Balaban J connectivity index is 1.88. The van der Waals surface area contributed by atoms with Crippen LogP contribution in [-0.2, 0) is 0 Å². The molecule has 0 spiro atoms. The van der Waals surface area contributed by atoms with Gasteiger partial charge in [0, 0.05) is 0 Å². The number of rotatable bonds is 4. The number of benzene rings is 2. The largest absolute Gasteiger partial charge is 0.495 e. The lowest BCUT2D eigenvalue weighted by Gasteiger charge is -2.09. The van der Waals surface area contributed by atoms with Gasteiger partial charge in [0.2, 0.25) is 0 Å². The van der Waals surface area contributed by atoms with Gasteiger partial charge in [-0.1, -0.05) is 35.5 Å². The molecule has 116 valence electrons. The Morgan fingerprint density at radius 2 is 1.78 bits per heavy atom. The minimum absolute atomic E-state index is 0.278. The summed E-state index contributed by atoms with van der Waals surface area (Å²) < 4.78 is 6.87. The van der Waals surface area contributed by atoms with Crippen LogP contribution in [-0.4, -0.2) is 28.0 Å². The smallest absolute Gasteiger partial charge is 0.278 e. The fourth-order valence-corrected chi connectivity index (χ4v) is 2.28. The Morgan fingerprint density at radius 3 is 2.52 bits per heavy atom. The number of ether oxygens (including phenoxy) is 1. The van der Waals surface area contributed by atoms with Crippen LogP contribution in [0.1, 0.15) is 16.2 Å². The Kier molecular flexibility index (Phi) is 4.05. The summed E-state index contributed by atoms with van der Waals surface area (Å²) in [5.41, 5.74) is 2.39. The summed E-state index contributed by atoms with van der Waals surface area (Å²) in [6.07, 6.45) is 0. The average molecular weight is 308 g/mol. The first-order valence-electron chi connectivity index (χ1n) is 7.13. The number of nitrogens with one attached hydrogen (secondary N) is 1. The molecule has 23 heavy (non-hydrogen) atoms. The summed E-state index contributed by atoms with van der Waals surface area (Å²) in [7, 11) is 1.56. The quantitative estimate of drug-likeness (QED) is 0.804. The molecule has 1 amide bonds. The van der Waals surface area contributed by atoms with Crippen molar-refractivity contribution in [3.63, 3.8) is 0 Å². The van der Waals surface area contributed by atoms with Crippen molar-refractivity contribution < 1.29 is 9.53 Å². The van der Waals surface area contributed by atoms with Crippen LogP contribution in [0.2, 0.25) is 0 Å². The van der Waals surface area contributed by atoms with Crippen LogP contribution in [0.15, 0.2) is 54.6 Å². The van der Waals surface area contributed by atoms with Gasteiger partial charge in [0.25, 0.3) is 5.91 Å². The third-order valence-corrected chi connectivity index (χ3v) is 3.47. The number of aromatic nitrogens is 3. The van der Waals surface area contributed by atoms with E-state index in [0.29, 0.717) is 17.1 Å². The Morgan fingerprint density at radius 1 is 1.09 bits per heavy atom. The summed E-state index contributed by atoms with van der Waals surface area (Å²) in [5.74, 6) is 0.267. The number of nitrogens with zero attached hydrogens (tertiary/aromatic N) is 3. The summed E-state index contributed by atoms with van der Waals surface area (Å²) in [4.78, 5) is 12.5. The fraction of sp³-hybridized carbons (Fsp3) is 0.118. The number of methoxy groups -OCH3 is 1. The van der Waals surface area contributed by atoms with Crippen molar-refractivity contribution in [2.75, 3.05) is 12.4 Å². The van der Waals surface area contributed by atoms with Crippen LogP contribution in [0.25, 0.3) is 5.69 Å². The van der Waals surface area contributed by atoms with Crippen LogP contribution >= 0.6 is 0 Å². The van der Waals surface area contributed by atoms with Gasteiger partial charge >= 0.3 is 0 Å². The van der Waals surface area contributed by atoms with Gasteiger partial charge in [-0.2, -0.15) is 0 Å². The van der Waals surface area contributed by atoms with Gasteiger partial charge < -0.3 is 10.1 Å². The third-order valence-electron chi connectivity index (χ3n) is 3.47. The van der Waals surface area contributed by atoms with Crippen molar-refractivity contribution >= 4 is 11.6 Å². The number of anilines is 1. The maximum absolute atomic E-state index is 12.5. The van der Waals surface area contributed by atoms with E-state index in [1.165, 1.54) is 0 Å². The SMILES string of the molecule is COc1ccccc1NC(=O)c1nnn(-c2ccccc2)c1C. The monoisotopic (exact) mass is 308 g/mol. The topological polar surface area (TPSA) is 69.0 Å². The number of hydrogen-bond acceptors (Lipinski definition) is 4. The van der Waals surface area contributed by atoms with Crippen molar-refractivity contribution in [2.45, 2.75) is 6.92 Å². The normalized spacial score (nSPS) is 10.3. The molecule has 0 aliphatic rings. The molecule has 1 aromatic heterocycles. The minimum atomic E-state index is -0.325. The van der Waals surface area contributed by atoms with Crippen LogP contribution in [0.4, 0.5) is 5.69 Å². The van der Waals surface area contributed by atoms with Gasteiger partial charge in [-0.3, -0.25) is 4.79 Å². The molecular formula is C17H16N4O2. The maximum atomic E-state index is 12.5. The van der Waals surface area contributed by atoms with Crippen LogP contribution in [0.5, 0.6) is 5.75 Å². The molecule has 0 saturated carbocycles. The molecule has 6 heteroatoms. The van der Waals surface area contributed by atoms with Gasteiger partial charge in [-0.15, -0.1) is 5.10 Å². The first kappa shape index (κ1) is 14.8. The second-order valence-electron chi connectivity index (χ2n) is 4.93. The predicted molar refractivity (Wildman–Crippen MR) is 87.0 cm³/mol. The van der Waals surface area contributed by atoms with E-state index < -0.39 is 0 Å². The molecule has 0 unspecified atom stereocenters. The zero-order valence-corrected chi connectivity index (χ0v) is 12.9. The first-order chi connectivity index (χ1) is 11.2. The van der Waals surface area contributed by atoms with Crippen molar-refractivity contribution in [3.8, 4) is 11.4 Å². The highest BCUT2D eigenvalue weighted by molar-refractivity contribution is 6.04. The standard InChI is InChI=1S/C17H16N4O2/c1-12-16(19-20-21(12)13-8-4-3-5-9-13)17(22)18-14-10-6-7-11-15(14)23-2/h3-11H,1-2H3,(H,18,22). The summed E-state index contributed by atoms with van der Waals surface area (Å²) in [6, 6.07) is 16.8. The van der Waals surface area contributed by atoms with Gasteiger partial charge in [0.05, 0.1) is 24.2 Å². The fourth-order valence-electron chi connectivity index (χ4n) is 2.28. The summed E-state index contributed by atoms with van der Waals surface area (Å²) in [5, 5.41) is 10.9. The molecule has 0 aliphatic heterocycles. The van der Waals surface area contributed by atoms with E-state index in [0.717, 1.165) is 5.69 Å². The zero-order chi connectivity index (χ0) is 16.2. The lowest BCUT2D eigenvalue weighted by Crippen LogP contribution is -2.14. The average Bonchev–Trinajstić information content (AvgIpc) is 2.98. The molecule has 6 nitrogen and oxygen atoms in total. The van der Waals surface area contributed by atoms with Crippen molar-refractivity contribution in [3.05, 3.63) is 66.0 Å². The van der Waals surface area contributed by atoms with Crippen molar-refractivity contribution in [1.82, 2.24) is 15.0 Å². The number of carbonyl (C=O) groups excluding carboxylic acids is 1. The van der Waals surface area contributed by atoms with Crippen molar-refractivity contribution in [2.24, 2.45) is 0 Å². The molecule has 3 rings (SSSR count). The second kappa shape index (κ2) is 6.31. The number of carbonyl (C=O) groups is 1. The van der Waals surface area contributed by atoms with Gasteiger partial charge in [-0.25, -0.2) is 4.68 Å². The molecule has 0 aliphatic carbocycles. The van der Waals surface area contributed by atoms with E-state index in [9.17, 15) is 4.79 Å². The van der Waals surface area contributed by atoms with Crippen LogP contribution in [0.3, 0.4) is 0 Å². The molecular weight excluding hydrogens is 292 g/mol. The Bertz CT molecular complexity index is 828. The highest BCUT2D eigenvalue weighted by Crippen LogP contribution is 2.24. The first-order valence-corrected chi connectivity index (χ1v) is 7.13. The number of amides is 1. The number of hydrogen-bond donors (Lipinski definition) is 1. The highest BCUT2D eigenvalue weighted by atomic mass is 16.5. The lowest BCUT2D eigenvalue weighted by molar-refractivity contribution is 0.102. The molecule has 0 fully saturated rings. The maximum Gasteiger partial charge on any atom is 0.278 e. The van der Waals surface area contributed by atoms with Gasteiger partial charge in [0.15, 0.2) is 5.69 Å².